The summed E-state index contributed by atoms with van der Waals surface area (Å²) in [4.78, 5) is 33.7. The van der Waals surface area contributed by atoms with Crippen LogP contribution in [0.4, 0.5) is 18.9 Å². The molecule has 0 bridgehead atoms. The van der Waals surface area contributed by atoms with E-state index >= 15 is 0 Å². The van der Waals surface area contributed by atoms with E-state index in [2.05, 4.69) is 11.4 Å². The molecule has 3 N–H and O–H groups in total. The fourth-order valence-corrected chi connectivity index (χ4v) is 4.13. The van der Waals surface area contributed by atoms with E-state index in [1.807, 2.05) is 58.0 Å². The minimum absolute atomic E-state index is 0.162. The van der Waals surface area contributed by atoms with Crippen LogP contribution in [0.2, 0.25) is 0 Å². The molecule has 1 unspecified atom stereocenters. The number of aryl methyl sites for hydroxylation is 1. The first-order valence-corrected chi connectivity index (χ1v) is 12.5. The number of carbonyl (C=O) groups is 2. The lowest BCUT2D eigenvalue weighted by molar-refractivity contribution is -0.192. The molecule has 0 radical (unpaired) electrons. The van der Waals surface area contributed by atoms with Crippen LogP contribution in [0.25, 0.3) is 22.3 Å². The predicted octanol–water partition coefficient (Wildman–Crippen LogP) is 7.07. The molecule has 218 valence electrons. The number of halogens is 3. The van der Waals surface area contributed by atoms with E-state index in [9.17, 15) is 33.1 Å². The van der Waals surface area contributed by atoms with Crippen LogP contribution in [0.1, 0.15) is 53.9 Å². The molecule has 8 nitrogen and oxygen atoms in total. The minimum atomic E-state index is -5.08. The third-order valence-corrected chi connectivity index (χ3v) is 6.39. The van der Waals surface area contributed by atoms with Gasteiger partial charge in [-0.15, -0.1) is 0 Å². The molecule has 4 rings (SSSR count). The molecule has 0 aliphatic heterocycles. The van der Waals surface area contributed by atoms with E-state index in [0.29, 0.717) is 28.0 Å². The van der Waals surface area contributed by atoms with Crippen molar-refractivity contribution in [1.29, 1.82) is 5.26 Å². The number of carboxylic acids is 2. The highest BCUT2D eigenvalue weighted by atomic mass is 19.4. The van der Waals surface area contributed by atoms with Crippen molar-refractivity contribution in [2.45, 2.75) is 45.3 Å². The average molecular weight is 581 g/mol. The fourth-order valence-electron chi connectivity index (χ4n) is 4.13. The van der Waals surface area contributed by atoms with Crippen molar-refractivity contribution in [2.75, 3.05) is 5.32 Å². The summed E-state index contributed by atoms with van der Waals surface area (Å²) in [6, 6.07) is 21.3. The highest BCUT2D eigenvalue weighted by Crippen LogP contribution is 2.33. The molecule has 0 saturated carbocycles. The second kappa shape index (κ2) is 12.2. The molecule has 0 fully saturated rings. The normalized spacial score (nSPS) is 12.0. The maximum Gasteiger partial charge on any atom is 0.490 e. The number of anilines is 1. The maximum absolute atomic E-state index is 13.1. The van der Waals surface area contributed by atoms with Crippen molar-refractivity contribution in [2.24, 2.45) is 0 Å². The standard InChI is InChI=1S/C29H26N2O4.C2HF3O2/c1-17-12-22(18(2)31-24-11-6-5-10-21(24)28(33)34)27-23(13-17)25(32)15-26(35-27)19-8-7-9-20(14-19)29(3,4)16-30;3-2(4,5)1(6)7/h5-15,18,31H,1-4H3,(H,33,34);(H,6,7). The van der Waals surface area contributed by atoms with Gasteiger partial charge in [0.1, 0.15) is 11.3 Å². The van der Waals surface area contributed by atoms with Gasteiger partial charge >= 0.3 is 18.1 Å². The van der Waals surface area contributed by atoms with Crippen LogP contribution in [0.5, 0.6) is 0 Å². The van der Waals surface area contributed by atoms with E-state index < -0.39 is 23.5 Å². The zero-order valence-corrected chi connectivity index (χ0v) is 23.0. The van der Waals surface area contributed by atoms with Crippen molar-refractivity contribution in [3.63, 3.8) is 0 Å². The van der Waals surface area contributed by atoms with Crippen molar-refractivity contribution in [3.8, 4) is 17.4 Å². The maximum atomic E-state index is 13.1. The van der Waals surface area contributed by atoms with Crippen LogP contribution in [0.3, 0.4) is 0 Å². The number of para-hydroxylation sites is 1. The van der Waals surface area contributed by atoms with Crippen molar-refractivity contribution in [1.82, 2.24) is 0 Å². The van der Waals surface area contributed by atoms with Crippen LogP contribution >= 0.6 is 0 Å². The Bertz CT molecular complexity index is 1750. The molecule has 0 spiro atoms. The first-order chi connectivity index (χ1) is 19.5. The molecule has 0 amide bonds. The number of fused-ring (bicyclic) bond motifs is 1. The first kappa shape index (κ1) is 31.4. The van der Waals surface area contributed by atoms with Crippen molar-refractivity contribution >= 4 is 28.6 Å². The summed E-state index contributed by atoms with van der Waals surface area (Å²) >= 11 is 0. The SMILES string of the molecule is Cc1cc(C(C)Nc2ccccc2C(=O)O)c2oc(-c3cccc(C(C)(C)C#N)c3)cc(=O)c2c1.O=C(O)C(F)(F)F. The topological polar surface area (TPSA) is 141 Å². The number of benzene rings is 3. The molecule has 1 heterocycles. The van der Waals surface area contributed by atoms with Gasteiger partial charge in [0.15, 0.2) is 5.43 Å². The number of rotatable bonds is 6. The molecule has 1 atom stereocenters. The van der Waals surface area contributed by atoms with E-state index in [1.54, 1.807) is 30.3 Å². The van der Waals surface area contributed by atoms with Gasteiger partial charge in [0.25, 0.3) is 0 Å². The van der Waals surface area contributed by atoms with E-state index in [0.717, 1.165) is 16.7 Å². The molecule has 42 heavy (non-hydrogen) atoms. The predicted molar refractivity (Wildman–Crippen MR) is 150 cm³/mol. The molecular formula is C31H27F3N2O6. The van der Waals surface area contributed by atoms with Gasteiger partial charge in [0, 0.05) is 22.9 Å². The van der Waals surface area contributed by atoms with Gasteiger partial charge in [0.05, 0.1) is 28.5 Å². The molecule has 0 aliphatic rings. The number of nitrogens with zero attached hydrogens (tertiary/aromatic N) is 1. The largest absolute Gasteiger partial charge is 0.490 e. The Kier molecular flexibility index (Phi) is 9.11. The molecule has 3 aromatic carbocycles. The van der Waals surface area contributed by atoms with Gasteiger partial charge in [-0.2, -0.15) is 18.4 Å². The van der Waals surface area contributed by atoms with Crippen LogP contribution in [0, 0.1) is 18.3 Å². The lowest BCUT2D eigenvalue weighted by Crippen LogP contribution is -2.21. The third-order valence-electron chi connectivity index (χ3n) is 6.39. The Hall–Kier alpha value is -5.11. The number of aliphatic carboxylic acids is 1. The second-order valence-electron chi connectivity index (χ2n) is 10.0. The number of hydrogen-bond acceptors (Lipinski definition) is 6. The first-order valence-electron chi connectivity index (χ1n) is 12.5. The summed E-state index contributed by atoms with van der Waals surface area (Å²) in [5.41, 5.74) is 3.38. The summed E-state index contributed by atoms with van der Waals surface area (Å²) in [6.07, 6.45) is -5.08. The summed E-state index contributed by atoms with van der Waals surface area (Å²) in [6.45, 7) is 7.48. The number of aromatic carboxylic acids is 1. The van der Waals surface area contributed by atoms with Gasteiger partial charge in [-0.3, -0.25) is 4.79 Å². The van der Waals surface area contributed by atoms with E-state index in [1.165, 1.54) is 6.07 Å². The Balaban J connectivity index is 0.000000616. The van der Waals surface area contributed by atoms with Crippen molar-refractivity contribution < 1.29 is 37.4 Å². The fraction of sp³-hybridized carbons (Fsp3) is 0.226. The zero-order valence-electron chi connectivity index (χ0n) is 23.0. The monoisotopic (exact) mass is 580 g/mol. The molecule has 0 saturated heterocycles. The second-order valence-corrected chi connectivity index (χ2v) is 10.0. The van der Waals surface area contributed by atoms with Crippen molar-refractivity contribution in [3.05, 3.63) is 99.2 Å². The van der Waals surface area contributed by atoms with Gasteiger partial charge in [-0.25, -0.2) is 9.59 Å². The number of nitrogens with one attached hydrogen (secondary N) is 1. The van der Waals surface area contributed by atoms with Crippen LogP contribution < -0.4 is 10.7 Å². The number of alkyl halides is 3. The Morgan fingerprint density at radius 1 is 1.00 bits per heavy atom. The Morgan fingerprint density at radius 3 is 2.24 bits per heavy atom. The lowest BCUT2D eigenvalue weighted by atomic mass is 9.85. The van der Waals surface area contributed by atoms with E-state index in [-0.39, 0.29) is 17.0 Å². The number of carboxylic acid groups (broad SMARTS) is 2. The quantitative estimate of drug-likeness (QED) is 0.220. The summed E-state index contributed by atoms with van der Waals surface area (Å²) in [5.74, 6) is -3.38. The zero-order chi connectivity index (χ0) is 31.4. The smallest absolute Gasteiger partial charge is 0.478 e. The molecular weight excluding hydrogens is 553 g/mol. The highest BCUT2D eigenvalue weighted by molar-refractivity contribution is 5.94. The summed E-state index contributed by atoms with van der Waals surface area (Å²) in [5, 5.41) is 29.9. The summed E-state index contributed by atoms with van der Waals surface area (Å²) in [7, 11) is 0. The van der Waals surface area contributed by atoms with Crippen LogP contribution in [-0.4, -0.2) is 28.3 Å². The third kappa shape index (κ3) is 7.14. The lowest BCUT2D eigenvalue weighted by Gasteiger charge is -2.20. The molecule has 0 aliphatic carbocycles. The molecule has 4 aromatic rings. The average Bonchev–Trinajstić information content (AvgIpc) is 2.93. The van der Waals surface area contributed by atoms with Gasteiger partial charge in [-0.1, -0.05) is 36.4 Å². The number of hydrogen-bond donors (Lipinski definition) is 3. The molecule has 11 heteroatoms. The molecule has 1 aromatic heterocycles. The summed E-state index contributed by atoms with van der Waals surface area (Å²) < 4.78 is 38.0. The van der Waals surface area contributed by atoms with E-state index in [4.69, 9.17) is 14.3 Å². The number of nitriles is 1. The van der Waals surface area contributed by atoms with Crippen LogP contribution in [0.15, 0.2) is 75.9 Å². The van der Waals surface area contributed by atoms with Gasteiger partial charge in [-0.05, 0) is 63.1 Å². The minimum Gasteiger partial charge on any atom is -0.478 e. The Morgan fingerprint density at radius 2 is 1.64 bits per heavy atom. The highest BCUT2D eigenvalue weighted by Gasteiger charge is 2.38. The van der Waals surface area contributed by atoms with Gasteiger partial charge < -0.3 is 19.9 Å². The Labute approximate surface area is 238 Å². The van der Waals surface area contributed by atoms with Crippen LogP contribution in [-0.2, 0) is 10.2 Å². The van der Waals surface area contributed by atoms with Gasteiger partial charge in [0.2, 0.25) is 0 Å².